The van der Waals surface area contributed by atoms with Gasteiger partial charge in [-0.3, -0.25) is 0 Å². The van der Waals surface area contributed by atoms with Crippen molar-refractivity contribution in [2.24, 2.45) is 10.7 Å². The highest BCUT2D eigenvalue weighted by Crippen LogP contribution is 2.27. The average Bonchev–Trinajstić information content (AvgIpc) is 3.22. The number of anilines is 2. The van der Waals surface area contributed by atoms with E-state index in [0.717, 1.165) is 43.0 Å². The number of nitrogens with two attached hydrogens (primary N) is 1. The number of guanidine groups is 1. The summed E-state index contributed by atoms with van der Waals surface area (Å²) in [5, 5.41) is 3.30. The Morgan fingerprint density at radius 1 is 1.07 bits per heavy atom. The number of pyridine rings is 1. The predicted octanol–water partition coefficient (Wildman–Crippen LogP) is 4.11. The van der Waals surface area contributed by atoms with Crippen LogP contribution in [0.2, 0.25) is 0 Å². The highest BCUT2D eigenvalue weighted by Gasteiger charge is 2.14. The zero-order valence-corrected chi connectivity index (χ0v) is 18.0. The average molecular weight is 477 g/mol. The number of rotatable bonds is 4. The summed E-state index contributed by atoms with van der Waals surface area (Å²) in [7, 11) is 0. The van der Waals surface area contributed by atoms with Gasteiger partial charge in [0.1, 0.15) is 5.82 Å². The molecule has 0 unspecified atom stereocenters. The van der Waals surface area contributed by atoms with E-state index in [0.29, 0.717) is 12.5 Å². The second-order valence-corrected chi connectivity index (χ2v) is 7.20. The lowest BCUT2D eigenvalue weighted by atomic mass is 9.90. The third kappa shape index (κ3) is 4.91. The molecule has 2 heterocycles. The molecule has 3 N–H and O–H groups in total. The lowest BCUT2D eigenvalue weighted by molar-refractivity contribution is 0.687. The second kappa shape index (κ2) is 9.39. The van der Waals surface area contributed by atoms with Crippen LogP contribution in [0.4, 0.5) is 11.5 Å². The fourth-order valence-corrected chi connectivity index (χ4v) is 3.90. The molecule has 144 valence electrons. The van der Waals surface area contributed by atoms with Crippen molar-refractivity contribution in [2.75, 3.05) is 23.3 Å². The number of benzene rings is 1. The van der Waals surface area contributed by atoms with Crippen molar-refractivity contribution in [1.82, 2.24) is 4.98 Å². The van der Waals surface area contributed by atoms with Gasteiger partial charge in [0.05, 0.1) is 6.54 Å². The zero-order chi connectivity index (χ0) is 17.8. The fourth-order valence-electron chi connectivity index (χ4n) is 3.90. The van der Waals surface area contributed by atoms with Gasteiger partial charge < -0.3 is 16.0 Å². The Morgan fingerprint density at radius 3 is 2.67 bits per heavy atom. The molecule has 6 heteroatoms. The molecule has 0 atom stereocenters. The first kappa shape index (κ1) is 19.9. The summed E-state index contributed by atoms with van der Waals surface area (Å²) in [6, 6.07) is 10.6. The summed E-state index contributed by atoms with van der Waals surface area (Å²) in [5.41, 5.74) is 11.1. The van der Waals surface area contributed by atoms with Crippen molar-refractivity contribution in [3.05, 3.63) is 53.2 Å². The first-order valence-electron chi connectivity index (χ1n) is 9.67. The standard InChI is InChI=1S/C21H27N5.HI/c22-21(25-19-9-5-7-17-6-1-2-8-18(17)19)24-15-16-10-11-20(23-14-16)26-12-3-4-13-26;/h5,7,9-11,14H,1-4,6,8,12-13,15H2,(H3,22,24,25);1H. The van der Waals surface area contributed by atoms with Gasteiger partial charge in [0.2, 0.25) is 0 Å². The quantitative estimate of drug-likeness (QED) is 0.395. The van der Waals surface area contributed by atoms with E-state index >= 15 is 0 Å². The number of aryl methyl sites for hydroxylation is 1. The van der Waals surface area contributed by atoms with Crippen LogP contribution >= 0.6 is 24.0 Å². The molecular weight excluding hydrogens is 449 g/mol. The van der Waals surface area contributed by atoms with Crippen LogP contribution in [0.5, 0.6) is 0 Å². The molecule has 5 nitrogen and oxygen atoms in total. The van der Waals surface area contributed by atoms with Crippen molar-refractivity contribution in [2.45, 2.75) is 45.1 Å². The third-order valence-electron chi connectivity index (χ3n) is 5.33. The van der Waals surface area contributed by atoms with Crippen LogP contribution in [0.3, 0.4) is 0 Å². The number of nitrogens with one attached hydrogen (secondary N) is 1. The number of aliphatic imine (C=N–C) groups is 1. The molecule has 0 bridgehead atoms. The highest BCUT2D eigenvalue weighted by atomic mass is 127. The highest BCUT2D eigenvalue weighted by molar-refractivity contribution is 14.0. The Bertz CT molecular complexity index is 782. The Hall–Kier alpha value is -1.83. The summed E-state index contributed by atoms with van der Waals surface area (Å²) in [6.45, 7) is 2.77. The maximum absolute atomic E-state index is 6.13. The summed E-state index contributed by atoms with van der Waals surface area (Å²) in [4.78, 5) is 11.4. The Labute approximate surface area is 178 Å². The van der Waals surface area contributed by atoms with E-state index < -0.39 is 0 Å². The van der Waals surface area contributed by atoms with Crippen molar-refractivity contribution in [3.63, 3.8) is 0 Å². The van der Waals surface area contributed by atoms with Gasteiger partial charge in [0.15, 0.2) is 5.96 Å². The normalized spacial score (nSPS) is 16.6. The maximum Gasteiger partial charge on any atom is 0.193 e. The summed E-state index contributed by atoms with van der Waals surface area (Å²) >= 11 is 0. The largest absolute Gasteiger partial charge is 0.370 e. The third-order valence-corrected chi connectivity index (χ3v) is 5.33. The number of hydrogen-bond acceptors (Lipinski definition) is 3. The minimum atomic E-state index is 0. The summed E-state index contributed by atoms with van der Waals surface area (Å²) in [5.74, 6) is 1.53. The molecule has 1 aromatic heterocycles. The van der Waals surface area contributed by atoms with E-state index in [4.69, 9.17) is 5.73 Å². The van der Waals surface area contributed by atoms with Crippen LogP contribution in [0, 0.1) is 0 Å². The number of aromatic nitrogens is 1. The molecule has 1 aromatic carbocycles. The molecule has 0 amide bonds. The first-order chi connectivity index (χ1) is 12.8. The molecule has 1 fully saturated rings. The lowest BCUT2D eigenvalue weighted by Gasteiger charge is -2.19. The van der Waals surface area contributed by atoms with Gasteiger partial charge in [-0.05, 0) is 67.3 Å². The van der Waals surface area contributed by atoms with Gasteiger partial charge in [-0.1, -0.05) is 18.2 Å². The van der Waals surface area contributed by atoms with Crippen LogP contribution in [-0.4, -0.2) is 24.0 Å². The Balaban J connectivity index is 0.00000210. The van der Waals surface area contributed by atoms with E-state index in [1.165, 1.54) is 36.8 Å². The number of halogens is 1. The van der Waals surface area contributed by atoms with Crippen molar-refractivity contribution in [3.8, 4) is 0 Å². The molecule has 1 aliphatic heterocycles. The molecule has 1 aliphatic carbocycles. The fraction of sp³-hybridized carbons (Fsp3) is 0.429. The van der Waals surface area contributed by atoms with Gasteiger partial charge >= 0.3 is 0 Å². The van der Waals surface area contributed by atoms with E-state index in [1.807, 2.05) is 6.20 Å². The molecule has 0 spiro atoms. The van der Waals surface area contributed by atoms with Gasteiger partial charge in [-0.25, -0.2) is 9.98 Å². The molecular formula is C21H28IN5. The van der Waals surface area contributed by atoms with Gasteiger partial charge in [0, 0.05) is 25.0 Å². The number of fused-ring (bicyclic) bond motifs is 1. The Morgan fingerprint density at radius 2 is 1.89 bits per heavy atom. The molecule has 1 saturated heterocycles. The lowest BCUT2D eigenvalue weighted by Crippen LogP contribution is -2.24. The number of nitrogens with zero attached hydrogens (tertiary/aromatic N) is 3. The van der Waals surface area contributed by atoms with Crippen molar-refractivity contribution in [1.29, 1.82) is 0 Å². The molecule has 2 aliphatic rings. The van der Waals surface area contributed by atoms with E-state index in [9.17, 15) is 0 Å². The van der Waals surface area contributed by atoms with Gasteiger partial charge in [-0.2, -0.15) is 0 Å². The summed E-state index contributed by atoms with van der Waals surface area (Å²) in [6.07, 6.45) is 9.25. The topological polar surface area (TPSA) is 66.5 Å². The van der Waals surface area contributed by atoms with Crippen LogP contribution in [0.1, 0.15) is 42.4 Å². The SMILES string of the molecule is I.NC(=NCc1ccc(N2CCCC2)nc1)Nc1cccc2c1CCCC2. The second-order valence-electron chi connectivity index (χ2n) is 7.20. The predicted molar refractivity (Wildman–Crippen MR) is 123 cm³/mol. The zero-order valence-electron chi connectivity index (χ0n) is 15.7. The van der Waals surface area contributed by atoms with E-state index in [2.05, 4.69) is 50.5 Å². The molecule has 2 aromatic rings. The molecule has 0 saturated carbocycles. The van der Waals surface area contributed by atoms with Crippen molar-refractivity contribution < 1.29 is 0 Å². The number of hydrogen-bond donors (Lipinski definition) is 2. The van der Waals surface area contributed by atoms with Crippen LogP contribution in [0.25, 0.3) is 0 Å². The monoisotopic (exact) mass is 477 g/mol. The van der Waals surface area contributed by atoms with Gasteiger partial charge in [-0.15, -0.1) is 24.0 Å². The minimum Gasteiger partial charge on any atom is -0.370 e. The smallest absolute Gasteiger partial charge is 0.193 e. The Kier molecular flexibility index (Phi) is 6.93. The van der Waals surface area contributed by atoms with Crippen LogP contribution in [0.15, 0.2) is 41.5 Å². The molecule has 27 heavy (non-hydrogen) atoms. The molecule has 4 rings (SSSR count). The minimum absolute atomic E-state index is 0. The van der Waals surface area contributed by atoms with Crippen LogP contribution in [-0.2, 0) is 19.4 Å². The van der Waals surface area contributed by atoms with E-state index in [1.54, 1.807) is 0 Å². The maximum atomic E-state index is 6.13. The first-order valence-corrected chi connectivity index (χ1v) is 9.67. The van der Waals surface area contributed by atoms with E-state index in [-0.39, 0.29) is 24.0 Å². The summed E-state index contributed by atoms with van der Waals surface area (Å²) < 4.78 is 0. The van der Waals surface area contributed by atoms with Gasteiger partial charge in [0.25, 0.3) is 0 Å². The van der Waals surface area contributed by atoms with Crippen LogP contribution < -0.4 is 16.0 Å². The van der Waals surface area contributed by atoms with Crippen molar-refractivity contribution >= 4 is 41.4 Å². The molecule has 0 radical (unpaired) electrons.